The molecule has 1 aromatic carbocycles. The molecule has 0 bridgehead atoms. The highest BCUT2D eigenvalue weighted by Crippen LogP contribution is 2.27. The Kier molecular flexibility index (Phi) is 4.66. The number of pyridine rings is 1. The fraction of sp³-hybridized carbons (Fsp3) is 0.333. The number of amides is 1. The number of aromatic hydroxyl groups is 1. The van der Waals surface area contributed by atoms with Gasteiger partial charge in [0.25, 0.3) is 5.91 Å². The van der Waals surface area contributed by atoms with Crippen molar-refractivity contribution >= 4 is 5.91 Å². The van der Waals surface area contributed by atoms with Crippen LogP contribution >= 0.6 is 0 Å². The van der Waals surface area contributed by atoms with Gasteiger partial charge in [-0.25, -0.2) is 0 Å². The second-order valence-electron chi connectivity index (χ2n) is 5.96. The third-order valence-corrected chi connectivity index (χ3v) is 4.32. The molecular formula is C18H20N2O4. The molecule has 2 heterocycles. The smallest absolute Gasteiger partial charge is 0.274 e. The number of benzene rings is 1. The molecule has 24 heavy (non-hydrogen) atoms. The summed E-state index contributed by atoms with van der Waals surface area (Å²) in [4.78, 5) is 26.0. The van der Waals surface area contributed by atoms with Gasteiger partial charge in [-0.3, -0.25) is 9.59 Å². The van der Waals surface area contributed by atoms with E-state index in [-0.39, 0.29) is 24.2 Å². The molecule has 6 heteroatoms. The average Bonchev–Trinajstić information content (AvgIpc) is 2.59. The van der Waals surface area contributed by atoms with E-state index in [1.807, 2.05) is 30.3 Å². The van der Waals surface area contributed by atoms with Crippen LogP contribution in [0.3, 0.4) is 0 Å². The third kappa shape index (κ3) is 3.05. The van der Waals surface area contributed by atoms with E-state index >= 15 is 0 Å². The number of fused-ring (bicyclic) bond motifs is 1. The monoisotopic (exact) mass is 328 g/mol. The Bertz CT molecular complexity index is 785. The van der Waals surface area contributed by atoms with Gasteiger partial charge in [-0.1, -0.05) is 30.3 Å². The Morgan fingerprint density at radius 1 is 1.12 bits per heavy atom. The van der Waals surface area contributed by atoms with Gasteiger partial charge in [-0.2, -0.15) is 0 Å². The van der Waals surface area contributed by atoms with Gasteiger partial charge < -0.3 is 19.7 Å². The molecule has 0 saturated heterocycles. The summed E-state index contributed by atoms with van der Waals surface area (Å²) in [5.41, 5.74) is 0.591. The van der Waals surface area contributed by atoms with Crippen LogP contribution in [0.25, 0.3) is 0 Å². The van der Waals surface area contributed by atoms with E-state index in [0.717, 1.165) is 5.56 Å². The summed E-state index contributed by atoms with van der Waals surface area (Å²) in [6.07, 6.45) is 2.72. The van der Waals surface area contributed by atoms with Crippen molar-refractivity contribution in [1.82, 2.24) is 9.47 Å². The molecule has 0 unspecified atom stereocenters. The lowest BCUT2D eigenvalue weighted by atomic mass is 10.0. The molecule has 1 aliphatic heterocycles. The summed E-state index contributed by atoms with van der Waals surface area (Å²) in [5.74, 6) is -0.878. The molecule has 0 saturated carbocycles. The molecule has 0 spiro atoms. The third-order valence-electron chi connectivity index (χ3n) is 4.32. The first kappa shape index (κ1) is 16.3. The quantitative estimate of drug-likeness (QED) is 0.863. The van der Waals surface area contributed by atoms with E-state index < -0.39 is 11.2 Å². The van der Waals surface area contributed by atoms with E-state index in [4.69, 9.17) is 5.11 Å². The molecule has 2 aromatic rings. The van der Waals surface area contributed by atoms with Gasteiger partial charge in [0.15, 0.2) is 11.4 Å². The Morgan fingerprint density at radius 2 is 1.88 bits per heavy atom. The number of carbonyl (C=O) groups is 1. The highest BCUT2D eigenvalue weighted by molar-refractivity contribution is 5.95. The second-order valence-corrected chi connectivity index (χ2v) is 5.96. The fourth-order valence-electron chi connectivity index (χ4n) is 3.13. The maximum absolute atomic E-state index is 12.6. The second kappa shape index (κ2) is 6.88. The van der Waals surface area contributed by atoms with Crippen LogP contribution < -0.4 is 5.43 Å². The number of aliphatic hydroxyl groups excluding tert-OH is 1. The lowest BCUT2D eigenvalue weighted by Crippen LogP contribution is -2.45. The van der Waals surface area contributed by atoms with Crippen LogP contribution in [0.2, 0.25) is 0 Å². The van der Waals surface area contributed by atoms with Crippen molar-refractivity contribution < 1.29 is 15.0 Å². The Balaban J connectivity index is 2.00. The van der Waals surface area contributed by atoms with Crippen LogP contribution in [0.1, 0.15) is 28.5 Å². The van der Waals surface area contributed by atoms with Crippen molar-refractivity contribution in [3.8, 4) is 5.75 Å². The normalized spacial score (nSPS) is 17.0. The van der Waals surface area contributed by atoms with Crippen molar-refractivity contribution in [2.45, 2.75) is 18.9 Å². The minimum atomic E-state index is -0.558. The molecule has 0 aliphatic carbocycles. The average molecular weight is 328 g/mol. The van der Waals surface area contributed by atoms with Crippen molar-refractivity contribution in [2.24, 2.45) is 0 Å². The zero-order valence-corrected chi connectivity index (χ0v) is 13.3. The highest BCUT2D eigenvalue weighted by atomic mass is 16.3. The number of hydrogen-bond donors (Lipinski definition) is 2. The van der Waals surface area contributed by atoms with Crippen LogP contribution in [0.4, 0.5) is 0 Å². The number of nitrogens with zero attached hydrogens (tertiary/aromatic N) is 2. The molecule has 3 rings (SSSR count). The van der Waals surface area contributed by atoms with Crippen molar-refractivity contribution in [3.05, 3.63) is 64.1 Å². The number of aromatic nitrogens is 1. The van der Waals surface area contributed by atoms with Crippen LogP contribution in [0.15, 0.2) is 47.4 Å². The molecule has 1 aromatic heterocycles. The number of hydrogen-bond acceptors (Lipinski definition) is 4. The minimum Gasteiger partial charge on any atom is -0.503 e. The molecule has 1 aliphatic rings. The fourth-order valence-corrected chi connectivity index (χ4v) is 3.13. The van der Waals surface area contributed by atoms with E-state index in [1.165, 1.54) is 6.07 Å². The van der Waals surface area contributed by atoms with Gasteiger partial charge >= 0.3 is 0 Å². The van der Waals surface area contributed by atoms with Crippen LogP contribution in [0, 0.1) is 0 Å². The van der Waals surface area contributed by atoms with E-state index in [1.54, 1.807) is 15.7 Å². The maximum atomic E-state index is 12.6. The Morgan fingerprint density at radius 3 is 2.58 bits per heavy atom. The van der Waals surface area contributed by atoms with Crippen LogP contribution in [-0.4, -0.2) is 45.3 Å². The Labute approximate surface area is 139 Å². The lowest BCUT2D eigenvalue weighted by molar-refractivity contribution is 0.0647. The summed E-state index contributed by atoms with van der Waals surface area (Å²) in [5, 5.41) is 19.1. The lowest BCUT2D eigenvalue weighted by Gasteiger charge is -2.36. The zero-order chi connectivity index (χ0) is 17.1. The van der Waals surface area contributed by atoms with Crippen molar-refractivity contribution in [1.29, 1.82) is 0 Å². The number of rotatable bonds is 5. The zero-order valence-electron chi connectivity index (χ0n) is 13.3. The molecule has 2 N–H and O–H groups in total. The van der Waals surface area contributed by atoms with Gasteiger partial charge in [-0.15, -0.1) is 0 Å². The van der Waals surface area contributed by atoms with Crippen molar-refractivity contribution in [2.75, 3.05) is 19.7 Å². The van der Waals surface area contributed by atoms with Gasteiger partial charge in [0.2, 0.25) is 5.43 Å². The summed E-state index contributed by atoms with van der Waals surface area (Å²) >= 11 is 0. The largest absolute Gasteiger partial charge is 0.503 e. The van der Waals surface area contributed by atoms with Gasteiger partial charge in [-0.05, 0) is 18.4 Å². The van der Waals surface area contributed by atoms with E-state index in [2.05, 4.69) is 0 Å². The standard InChI is InChI=1S/C18H20N2O4/c21-10-4-8-19-12-14(11-13-5-2-1-3-6-13)20-9-7-15(22)17(23)16(20)18(19)24/h1-3,5-7,9,14,21,23H,4,8,10-12H2/t14-/m0/s1. The Hall–Kier alpha value is -2.60. The first-order valence-corrected chi connectivity index (χ1v) is 8.00. The first-order chi connectivity index (χ1) is 11.6. The van der Waals surface area contributed by atoms with Gasteiger partial charge in [0.05, 0.1) is 6.04 Å². The molecule has 0 fully saturated rings. The summed E-state index contributed by atoms with van der Waals surface area (Å²) in [7, 11) is 0. The number of carbonyl (C=O) groups excluding carboxylic acids is 1. The summed E-state index contributed by atoms with van der Waals surface area (Å²) in [6.45, 7) is 0.854. The van der Waals surface area contributed by atoms with Crippen molar-refractivity contribution in [3.63, 3.8) is 0 Å². The summed E-state index contributed by atoms with van der Waals surface area (Å²) in [6, 6.07) is 11.1. The molecule has 1 atom stereocenters. The summed E-state index contributed by atoms with van der Waals surface area (Å²) < 4.78 is 1.70. The topological polar surface area (TPSA) is 82.8 Å². The molecule has 126 valence electrons. The van der Waals surface area contributed by atoms with Gasteiger partial charge in [0, 0.05) is 32.0 Å². The SMILES string of the molecule is O=C1c2c(O)c(=O)ccn2[C@@H](Cc2ccccc2)CN1CCCO. The first-order valence-electron chi connectivity index (χ1n) is 8.00. The van der Waals surface area contributed by atoms with Crippen LogP contribution in [-0.2, 0) is 6.42 Å². The van der Waals surface area contributed by atoms with Crippen LogP contribution in [0.5, 0.6) is 5.75 Å². The predicted octanol–water partition coefficient (Wildman–Crippen LogP) is 1.18. The van der Waals surface area contributed by atoms with E-state index in [0.29, 0.717) is 25.9 Å². The minimum absolute atomic E-state index is 0.0132. The molecule has 6 nitrogen and oxygen atoms in total. The van der Waals surface area contributed by atoms with E-state index in [9.17, 15) is 14.7 Å². The molecule has 1 amide bonds. The maximum Gasteiger partial charge on any atom is 0.274 e. The predicted molar refractivity (Wildman–Crippen MR) is 89.2 cm³/mol. The van der Waals surface area contributed by atoms with Gasteiger partial charge in [0.1, 0.15) is 0 Å². The highest BCUT2D eigenvalue weighted by Gasteiger charge is 2.33. The molecular weight excluding hydrogens is 308 g/mol. The number of aliphatic hydroxyl groups is 1. The molecule has 0 radical (unpaired) electrons.